The number of carbonyl (C=O) groups excluding carboxylic acids is 2. The maximum absolute atomic E-state index is 13.1. The fourth-order valence-electron chi connectivity index (χ4n) is 3.00. The zero-order chi connectivity index (χ0) is 19.8. The van der Waals surface area contributed by atoms with E-state index in [1.54, 1.807) is 12.1 Å². The van der Waals surface area contributed by atoms with Gasteiger partial charge in [0, 0.05) is 10.9 Å². The third kappa shape index (κ3) is 4.03. The zero-order valence-electron chi connectivity index (χ0n) is 16.3. The lowest BCUT2D eigenvalue weighted by Gasteiger charge is -2.35. The van der Waals surface area contributed by atoms with Crippen LogP contribution in [0, 0.1) is 13.8 Å². The van der Waals surface area contributed by atoms with Crippen molar-refractivity contribution in [1.29, 1.82) is 0 Å². The van der Waals surface area contributed by atoms with Crippen LogP contribution in [0.4, 0.5) is 0 Å². The Kier molecular flexibility index (Phi) is 4.79. The maximum Gasteiger partial charge on any atom is 0.305 e. The number of hydrazine groups is 1. The number of nitrogens with zero attached hydrogens (tertiary/aromatic N) is 1. The molecule has 0 aliphatic rings. The van der Waals surface area contributed by atoms with Crippen LogP contribution in [0.5, 0.6) is 0 Å². The largest absolute Gasteiger partial charge is 0.451 e. The fraction of sp³-hybridized carbons (Fsp3) is 0.273. The molecule has 3 aromatic rings. The molecule has 0 saturated carbocycles. The minimum absolute atomic E-state index is 0.165. The molecular weight excluding hydrogens is 340 g/mol. The van der Waals surface area contributed by atoms with E-state index in [9.17, 15) is 9.59 Å². The summed E-state index contributed by atoms with van der Waals surface area (Å²) < 4.78 is 5.62. The molecule has 0 aliphatic heterocycles. The molecule has 0 fully saturated rings. The molecule has 3 rings (SSSR count). The Bertz CT molecular complexity index is 959. The summed E-state index contributed by atoms with van der Waals surface area (Å²) in [4.78, 5) is 25.9. The van der Waals surface area contributed by atoms with Gasteiger partial charge in [0.2, 0.25) is 0 Å². The van der Waals surface area contributed by atoms with Crippen LogP contribution >= 0.6 is 0 Å². The SMILES string of the molecule is Cc1cc(C)cc(C(=O)N(NC(=O)c2cc3ccccc3o2)C(C)(C)C)c1. The normalized spacial score (nSPS) is 11.4. The van der Waals surface area contributed by atoms with E-state index in [-0.39, 0.29) is 11.7 Å². The van der Waals surface area contributed by atoms with Crippen molar-refractivity contribution in [1.82, 2.24) is 10.4 Å². The first-order valence-corrected chi connectivity index (χ1v) is 8.87. The highest BCUT2D eigenvalue weighted by Gasteiger charge is 2.30. The molecule has 2 aromatic carbocycles. The molecule has 140 valence electrons. The molecule has 1 aromatic heterocycles. The summed E-state index contributed by atoms with van der Waals surface area (Å²) in [7, 11) is 0. The second-order valence-electron chi connectivity index (χ2n) is 7.78. The molecule has 27 heavy (non-hydrogen) atoms. The lowest BCUT2D eigenvalue weighted by atomic mass is 10.0. The summed E-state index contributed by atoms with van der Waals surface area (Å²) in [6, 6.07) is 14.7. The van der Waals surface area contributed by atoms with Gasteiger partial charge in [-0.1, -0.05) is 35.4 Å². The van der Waals surface area contributed by atoms with Gasteiger partial charge < -0.3 is 4.42 Å². The van der Waals surface area contributed by atoms with Crippen molar-refractivity contribution in [2.24, 2.45) is 0 Å². The van der Waals surface area contributed by atoms with Crippen molar-refractivity contribution < 1.29 is 14.0 Å². The molecule has 2 amide bonds. The second kappa shape index (κ2) is 6.91. The highest BCUT2D eigenvalue weighted by atomic mass is 16.3. The highest BCUT2D eigenvalue weighted by molar-refractivity contribution is 6.00. The van der Waals surface area contributed by atoms with Gasteiger partial charge >= 0.3 is 5.91 Å². The Hall–Kier alpha value is -3.08. The van der Waals surface area contributed by atoms with Crippen LogP contribution in [0.1, 0.15) is 52.8 Å². The van der Waals surface area contributed by atoms with Crippen molar-refractivity contribution in [3.63, 3.8) is 0 Å². The third-order valence-corrected chi connectivity index (χ3v) is 4.21. The molecule has 1 heterocycles. The maximum atomic E-state index is 13.1. The van der Waals surface area contributed by atoms with Crippen molar-refractivity contribution in [3.8, 4) is 0 Å². The summed E-state index contributed by atoms with van der Waals surface area (Å²) in [5, 5.41) is 2.20. The number of aryl methyl sites for hydroxylation is 2. The van der Waals surface area contributed by atoms with Crippen molar-refractivity contribution in [2.45, 2.75) is 40.2 Å². The summed E-state index contributed by atoms with van der Waals surface area (Å²) in [6.07, 6.45) is 0. The van der Waals surface area contributed by atoms with Gasteiger partial charge in [-0.25, -0.2) is 5.01 Å². The smallest absolute Gasteiger partial charge is 0.305 e. The minimum atomic E-state index is -0.615. The topological polar surface area (TPSA) is 62.6 Å². The molecule has 5 nitrogen and oxygen atoms in total. The van der Waals surface area contributed by atoms with E-state index in [2.05, 4.69) is 5.43 Å². The molecular formula is C22H24N2O3. The molecule has 0 bridgehead atoms. The van der Waals surface area contributed by atoms with Crippen LogP contribution in [0.2, 0.25) is 0 Å². The lowest BCUT2D eigenvalue weighted by molar-refractivity contribution is 0.0349. The van der Waals surface area contributed by atoms with E-state index in [1.165, 1.54) is 5.01 Å². The van der Waals surface area contributed by atoms with Crippen LogP contribution in [-0.2, 0) is 0 Å². The number of hydrogen-bond donors (Lipinski definition) is 1. The average Bonchev–Trinajstić information content (AvgIpc) is 3.01. The van der Waals surface area contributed by atoms with E-state index in [0.717, 1.165) is 16.5 Å². The van der Waals surface area contributed by atoms with Gasteiger partial charge in [0.15, 0.2) is 5.76 Å². The van der Waals surface area contributed by atoms with E-state index in [0.29, 0.717) is 11.1 Å². The van der Waals surface area contributed by atoms with Gasteiger partial charge in [-0.2, -0.15) is 0 Å². The summed E-state index contributed by atoms with van der Waals surface area (Å²) in [5.74, 6) is -0.559. The van der Waals surface area contributed by atoms with Gasteiger partial charge in [-0.05, 0) is 58.9 Å². The van der Waals surface area contributed by atoms with E-state index in [4.69, 9.17) is 4.42 Å². The predicted octanol–water partition coefficient (Wildman–Crippen LogP) is 4.64. The van der Waals surface area contributed by atoms with Gasteiger partial charge in [0.1, 0.15) is 5.58 Å². The number of amides is 2. The minimum Gasteiger partial charge on any atom is -0.451 e. The van der Waals surface area contributed by atoms with Gasteiger partial charge in [-0.3, -0.25) is 15.0 Å². The van der Waals surface area contributed by atoms with E-state index >= 15 is 0 Å². The number of para-hydroxylation sites is 1. The molecule has 0 saturated heterocycles. The van der Waals surface area contributed by atoms with Gasteiger partial charge in [0.05, 0.1) is 5.54 Å². The van der Waals surface area contributed by atoms with Crippen LogP contribution in [0.25, 0.3) is 11.0 Å². The Labute approximate surface area is 158 Å². The molecule has 5 heteroatoms. The number of hydrogen-bond acceptors (Lipinski definition) is 3. The number of carbonyl (C=O) groups is 2. The Balaban J connectivity index is 1.91. The standard InChI is InChI=1S/C22H24N2O3/c1-14-10-15(2)12-17(11-14)21(26)24(22(3,4)5)23-20(25)19-13-16-8-6-7-9-18(16)27-19/h6-13H,1-5H3,(H,23,25). The third-order valence-electron chi connectivity index (χ3n) is 4.21. The van der Waals surface area contributed by atoms with Crippen LogP contribution in [0.3, 0.4) is 0 Å². The Morgan fingerprint density at radius 1 is 0.963 bits per heavy atom. The van der Waals surface area contributed by atoms with Gasteiger partial charge in [0.25, 0.3) is 5.91 Å². The summed E-state index contributed by atoms with van der Waals surface area (Å²) in [6.45, 7) is 9.49. The molecule has 0 aliphatic carbocycles. The number of rotatable bonds is 2. The average molecular weight is 364 g/mol. The molecule has 0 atom stereocenters. The molecule has 0 unspecified atom stereocenters. The Morgan fingerprint density at radius 2 is 1.59 bits per heavy atom. The number of nitrogens with one attached hydrogen (secondary N) is 1. The lowest BCUT2D eigenvalue weighted by Crippen LogP contribution is -2.55. The Morgan fingerprint density at radius 3 is 2.19 bits per heavy atom. The number of fused-ring (bicyclic) bond motifs is 1. The zero-order valence-corrected chi connectivity index (χ0v) is 16.3. The van der Waals surface area contributed by atoms with Crippen LogP contribution in [-0.4, -0.2) is 22.4 Å². The summed E-state index contributed by atoms with van der Waals surface area (Å²) >= 11 is 0. The monoisotopic (exact) mass is 364 g/mol. The fourth-order valence-corrected chi connectivity index (χ4v) is 3.00. The van der Waals surface area contributed by atoms with Crippen molar-refractivity contribution >= 4 is 22.8 Å². The van der Waals surface area contributed by atoms with Crippen molar-refractivity contribution in [3.05, 3.63) is 71.0 Å². The van der Waals surface area contributed by atoms with E-state index < -0.39 is 11.4 Å². The van der Waals surface area contributed by atoms with Crippen LogP contribution in [0.15, 0.2) is 52.9 Å². The first-order chi connectivity index (χ1) is 12.6. The van der Waals surface area contributed by atoms with E-state index in [1.807, 2.05) is 71.0 Å². The molecule has 0 radical (unpaired) electrons. The summed E-state index contributed by atoms with van der Waals surface area (Å²) in [5.41, 5.74) is 5.26. The highest BCUT2D eigenvalue weighted by Crippen LogP contribution is 2.21. The first-order valence-electron chi connectivity index (χ1n) is 8.87. The van der Waals surface area contributed by atoms with Crippen molar-refractivity contribution in [2.75, 3.05) is 0 Å². The van der Waals surface area contributed by atoms with Gasteiger partial charge in [-0.15, -0.1) is 0 Å². The molecule has 1 N–H and O–H groups in total. The second-order valence-corrected chi connectivity index (χ2v) is 7.78. The number of furan rings is 1. The first kappa shape index (κ1) is 18.7. The predicted molar refractivity (Wildman–Crippen MR) is 106 cm³/mol. The quantitative estimate of drug-likeness (QED) is 0.674. The van der Waals surface area contributed by atoms with Crippen LogP contribution < -0.4 is 5.43 Å². The molecule has 0 spiro atoms. The number of benzene rings is 2.